The van der Waals surface area contributed by atoms with Gasteiger partial charge in [-0.3, -0.25) is 9.89 Å². The van der Waals surface area contributed by atoms with Crippen LogP contribution in [0.1, 0.15) is 30.6 Å². The highest BCUT2D eigenvalue weighted by molar-refractivity contribution is 7.14. The number of methoxy groups -OCH3 is 1. The molecule has 0 saturated carbocycles. The molecular weight excluding hydrogens is 406 g/mol. The summed E-state index contributed by atoms with van der Waals surface area (Å²) in [5, 5.41) is 2.72. The number of carbonyl (C=O) groups is 2. The molecule has 3 heterocycles. The summed E-state index contributed by atoms with van der Waals surface area (Å²) >= 11 is 1.27. The zero-order valence-electron chi connectivity index (χ0n) is 16.2. The molecule has 0 amide bonds. The molecule has 0 atom stereocenters. The van der Waals surface area contributed by atoms with E-state index < -0.39 is 11.9 Å². The number of esters is 2. The number of hydrogen-bond donors (Lipinski definition) is 1. The van der Waals surface area contributed by atoms with Crippen molar-refractivity contribution in [1.29, 1.82) is 0 Å². The van der Waals surface area contributed by atoms with Crippen LogP contribution in [0.5, 0.6) is 0 Å². The molecule has 0 fully saturated rings. The molecule has 30 heavy (non-hydrogen) atoms. The van der Waals surface area contributed by atoms with Gasteiger partial charge in [0.1, 0.15) is 17.2 Å². The number of aryl methyl sites for hydroxylation is 1. The summed E-state index contributed by atoms with van der Waals surface area (Å²) in [7, 11) is 1.31. The molecule has 0 aliphatic carbocycles. The molecular formula is C21H17N3O5S. The molecule has 4 aromatic rings. The number of aromatic nitrogens is 3. The number of aromatic amines is 1. The van der Waals surface area contributed by atoms with Crippen LogP contribution in [0, 0.1) is 6.92 Å². The minimum atomic E-state index is -0.633. The fourth-order valence-electron chi connectivity index (χ4n) is 2.94. The molecule has 0 saturated heterocycles. The summed E-state index contributed by atoms with van der Waals surface area (Å²) < 4.78 is 11.2. The first-order valence-corrected chi connectivity index (χ1v) is 9.81. The number of hydrogen-bond acceptors (Lipinski definition) is 7. The van der Waals surface area contributed by atoms with Crippen molar-refractivity contribution >= 4 is 28.9 Å². The lowest BCUT2D eigenvalue weighted by atomic mass is 10.1. The molecule has 0 spiro atoms. The average molecular weight is 423 g/mol. The maximum Gasteiger partial charge on any atom is 0.356 e. The van der Waals surface area contributed by atoms with Crippen LogP contribution in [0.3, 0.4) is 0 Å². The van der Waals surface area contributed by atoms with Crippen LogP contribution >= 0.6 is 11.3 Å². The standard InChI is InChI=1S/C21H17N3O5S/c1-12-14(8-17(30-12)21(27)28-2)11-29-20(26)16-9-18-22-15(10-19(25)24(18)23-16)13-6-4-3-5-7-13/h3-10,23H,11H2,1-2H3. The Morgan fingerprint density at radius 2 is 1.90 bits per heavy atom. The Hall–Kier alpha value is -3.72. The van der Waals surface area contributed by atoms with Crippen molar-refractivity contribution in [2.75, 3.05) is 7.11 Å². The van der Waals surface area contributed by atoms with Crippen LogP contribution in [0.25, 0.3) is 16.9 Å². The van der Waals surface area contributed by atoms with Crippen molar-refractivity contribution in [3.05, 3.63) is 79.9 Å². The van der Waals surface area contributed by atoms with Gasteiger partial charge in [-0.1, -0.05) is 30.3 Å². The highest BCUT2D eigenvalue weighted by Gasteiger charge is 2.17. The molecule has 3 aromatic heterocycles. The second-order valence-electron chi connectivity index (χ2n) is 6.47. The van der Waals surface area contributed by atoms with Gasteiger partial charge in [0, 0.05) is 28.1 Å². The van der Waals surface area contributed by atoms with E-state index in [0.717, 1.165) is 10.4 Å². The number of nitrogens with one attached hydrogen (secondary N) is 1. The van der Waals surface area contributed by atoms with E-state index in [2.05, 4.69) is 10.1 Å². The predicted molar refractivity (Wildman–Crippen MR) is 111 cm³/mol. The SMILES string of the molecule is COC(=O)c1cc(COC(=O)c2cc3nc(-c4ccccc4)cc(=O)n3[nH]2)c(C)s1. The van der Waals surface area contributed by atoms with Gasteiger partial charge in [-0.15, -0.1) is 11.3 Å². The molecule has 1 N–H and O–H groups in total. The molecule has 0 aliphatic heterocycles. The summed E-state index contributed by atoms with van der Waals surface area (Å²) in [6, 6.07) is 13.8. The van der Waals surface area contributed by atoms with Gasteiger partial charge >= 0.3 is 11.9 Å². The van der Waals surface area contributed by atoms with Crippen LogP contribution in [-0.2, 0) is 16.1 Å². The summed E-state index contributed by atoms with van der Waals surface area (Å²) in [6.45, 7) is 1.82. The van der Waals surface area contributed by atoms with Crippen molar-refractivity contribution in [3.8, 4) is 11.3 Å². The zero-order valence-corrected chi connectivity index (χ0v) is 17.0. The lowest BCUT2D eigenvalue weighted by Crippen LogP contribution is -2.15. The Bertz CT molecular complexity index is 1300. The fourth-order valence-corrected chi connectivity index (χ4v) is 3.88. The Kier molecular flexibility index (Phi) is 5.20. The van der Waals surface area contributed by atoms with Crippen LogP contribution in [0.2, 0.25) is 0 Å². The number of rotatable bonds is 5. The summed E-state index contributed by atoms with van der Waals surface area (Å²) in [6.07, 6.45) is 0. The largest absolute Gasteiger partial charge is 0.465 e. The normalized spacial score (nSPS) is 10.9. The monoisotopic (exact) mass is 423 g/mol. The van der Waals surface area contributed by atoms with Gasteiger partial charge in [0.05, 0.1) is 12.8 Å². The number of thiophene rings is 1. The Labute approximate surface area is 174 Å². The second kappa shape index (κ2) is 7.96. The van der Waals surface area contributed by atoms with Crippen LogP contribution in [0.15, 0.2) is 53.3 Å². The summed E-state index contributed by atoms with van der Waals surface area (Å²) in [5.41, 5.74) is 2.11. The van der Waals surface area contributed by atoms with E-state index >= 15 is 0 Å². The van der Waals surface area contributed by atoms with Crippen LogP contribution in [0.4, 0.5) is 0 Å². The van der Waals surface area contributed by atoms with Crippen molar-refractivity contribution in [3.63, 3.8) is 0 Å². The molecule has 0 radical (unpaired) electrons. The Morgan fingerprint density at radius 3 is 2.63 bits per heavy atom. The number of carbonyl (C=O) groups excluding carboxylic acids is 2. The first-order valence-electron chi connectivity index (χ1n) is 8.99. The van der Waals surface area contributed by atoms with Gasteiger partial charge in [0.25, 0.3) is 5.56 Å². The fraction of sp³-hybridized carbons (Fsp3) is 0.143. The topological polar surface area (TPSA) is 103 Å². The second-order valence-corrected chi connectivity index (χ2v) is 7.73. The van der Waals surface area contributed by atoms with E-state index in [0.29, 0.717) is 21.8 Å². The van der Waals surface area contributed by atoms with E-state index in [1.807, 2.05) is 37.3 Å². The Balaban J connectivity index is 1.55. The van der Waals surface area contributed by atoms with Crippen LogP contribution in [-0.4, -0.2) is 33.6 Å². The number of ether oxygens (including phenoxy) is 2. The highest BCUT2D eigenvalue weighted by Crippen LogP contribution is 2.23. The smallest absolute Gasteiger partial charge is 0.356 e. The van der Waals surface area contributed by atoms with Gasteiger partial charge < -0.3 is 9.47 Å². The minimum absolute atomic E-state index is 0.00881. The number of H-pyrrole nitrogens is 1. The molecule has 9 heteroatoms. The molecule has 0 aliphatic rings. The summed E-state index contributed by atoms with van der Waals surface area (Å²) in [4.78, 5) is 42.3. The first kappa shape index (κ1) is 19.6. The van der Waals surface area contributed by atoms with E-state index in [-0.39, 0.29) is 17.9 Å². The average Bonchev–Trinajstić information content (AvgIpc) is 3.36. The number of fused-ring (bicyclic) bond motifs is 1. The number of nitrogens with zero attached hydrogens (tertiary/aromatic N) is 2. The van der Waals surface area contributed by atoms with E-state index in [4.69, 9.17) is 9.47 Å². The third kappa shape index (κ3) is 3.74. The van der Waals surface area contributed by atoms with E-state index in [9.17, 15) is 14.4 Å². The van der Waals surface area contributed by atoms with Gasteiger partial charge in [0.15, 0.2) is 5.65 Å². The van der Waals surface area contributed by atoms with Crippen molar-refractivity contribution in [1.82, 2.24) is 14.6 Å². The van der Waals surface area contributed by atoms with Crippen molar-refractivity contribution in [2.24, 2.45) is 0 Å². The molecule has 0 bridgehead atoms. The van der Waals surface area contributed by atoms with Gasteiger partial charge in [0.2, 0.25) is 0 Å². The first-order chi connectivity index (χ1) is 14.5. The van der Waals surface area contributed by atoms with Crippen molar-refractivity contribution in [2.45, 2.75) is 13.5 Å². The molecule has 0 unspecified atom stereocenters. The summed E-state index contributed by atoms with van der Waals surface area (Å²) in [5.74, 6) is -1.07. The van der Waals surface area contributed by atoms with Crippen LogP contribution < -0.4 is 5.56 Å². The van der Waals surface area contributed by atoms with Gasteiger partial charge in [-0.05, 0) is 13.0 Å². The van der Waals surface area contributed by atoms with E-state index in [1.54, 1.807) is 6.07 Å². The third-order valence-electron chi connectivity index (χ3n) is 4.51. The molecule has 1 aromatic carbocycles. The highest BCUT2D eigenvalue weighted by atomic mass is 32.1. The quantitative estimate of drug-likeness (QED) is 0.495. The molecule has 152 valence electrons. The molecule has 8 nitrogen and oxygen atoms in total. The number of benzene rings is 1. The minimum Gasteiger partial charge on any atom is -0.465 e. The van der Waals surface area contributed by atoms with Crippen molar-refractivity contribution < 1.29 is 19.1 Å². The zero-order chi connectivity index (χ0) is 21.3. The predicted octanol–water partition coefficient (Wildman–Crippen LogP) is 3.20. The van der Waals surface area contributed by atoms with Gasteiger partial charge in [-0.25, -0.2) is 19.1 Å². The maximum atomic E-state index is 12.5. The lowest BCUT2D eigenvalue weighted by molar-refractivity contribution is 0.0465. The van der Waals surface area contributed by atoms with Gasteiger partial charge in [-0.2, -0.15) is 0 Å². The maximum absolute atomic E-state index is 12.5. The lowest BCUT2D eigenvalue weighted by Gasteiger charge is -2.02. The Morgan fingerprint density at radius 1 is 1.13 bits per heavy atom. The van der Waals surface area contributed by atoms with E-state index in [1.165, 1.54) is 35.1 Å². The third-order valence-corrected chi connectivity index (χ3v) is 5.58. The molecule has 4 rings (SSSR count).